The maximum atomic E-state index is 14.8. The molecule has 2 aromatic carbocycles. The van der Waals surface area contributed by atoms with E-state index in [1.165, 1.54) is 12.1 Å². The summed E-state index contributed by atoms with van der Waals surface area (Å²) >= 11 is 3.46. The van der Waals surface area contributed by atoms with E-state index in [0.29, 0.717) is 30.7 Å². The van der Waals surface area contributed by atoms with Gasteiger partial charge >= 0.3 is 0 Å². The van der Waals surface area contributed by atoms with Gasteiger partial charge in [0.15, 0.2) is 5.96 Å². The molecule has 1 aliphatic rings. The van der Waals surface area contributed by atoms with E-state index in [-0.39, 0.29) is 23.3 Å². The third-order valence-electron chi connectivity index (χ3n) is 7.62. The predicted molar refractivity (Wildman–Crippen MR) is 164 cm³/mol. The molecule has 41 heavy (non-hydrogen) atoms. The fourth-order valence-corrected chi connectivity index (χ4v) is 5.79. The summed E-state index contributed by atoms with van der Waals surface area (Å²) in [5, 5.41) is 13.7. The van der Waals surface area contributed by atoms with E-state index < -0.39 is 11.7 Å². The molecule has 0 aromatic heterocycles. The highest BCUT2D eigenvalue weighted by atomic mass is 79.9. The zero-order valence-electron chi connectivity index (χ0n) is 24.4. The van der Waals surface area contributed by atoms with Crippen molar-refractivity contribution in [1.29, 1.82) is 5.41 Å². The van der Waals surface area contributed by atoms with Gasteiger partial charge in [-0.05, 0) is 101 Å². The van der Waals surface area contributed by atoms with Gasteiger partial charge in [-0.3, -0.25) is 20.3 Å². The molecule has 3 rings (SSSR count). The molecule has 1 fully saturated rings. The highest BCUT2D eigenvalue weighted by molar-refractivity contribution is 9.10. The SMILES string of the molecule is CCN(CC)C(=O)C1CCCN(CCCCNC(=N)NC(=O)c2cccc(F)c2CCc2cc(Br)ccc2OC)C1. The molecule has 8 nitrogen and oxygen atoms in total. The maximum Gasteiger partial charge on any atom is 0.258 e. The largest absolute Gasteiger partial charge is 0.496 e. The number of hydrogen-bond donors (Lipinski definition) is 3. The van der Waals surface area contributed by atoms with Crippen LogP contribution in [-0.2, 0) is 17.6 Å². The number of likely N-dealkylation sites (tertiary alicyclic amines) is 1. The number of hydrogen-bond acceptors (Lipinski definition) is 5. The van der Waals surface area contributed by atoms with Crippen molar-refractivity contribution in [3.63, 3.8) is 0 Å². The molecule has 1 unspecified atom stereocenters. The summed E-state index contributed by atoms with van der Waals surface area (Å²) in [5.41, 5.74) is 1.42. The van der Waals surface area contributed by atoms with Crippen molar-refractivity contribution in [2.75, 3.05) is 46.4 Å². The second-order valence-corrected chi connectivity index (χ2v) is 11.3. The summed E-state index contributed by atoms with van der Waals surface area (Å²) in [6, 6.07) is 10.1. The maximum absolute atomic E-state index is 14.8. The monoisotopic (exact) mass is 631 g/mol. The van der Waals surface area contributed by atoms with Crippen LogP contribution in [0.2, 0.25) is 0 Å². The zero-order chi connectivity index (χ0) is 29.8. The van der Waals surface area contributed by atoms with Gasteiger partial charge in [0.2, 0.25) is 5.91 Å². The van der Waals surface area contributed by atoms with Crippen LogP contribution in [0.25, 0.3) is 0 Å². The van der Waals surface area contributed by atoms with Crippen molar-refractivity contribution >= 4 is 33.7 Å². The van der Waals surface area contributed by atoms with Gasteiger partial charge < -0.3 is 19.9 Å². The number of unbranched alkanes of at least 4 members (excludes halogenated alkanes) is 1. The number of carbonyl (C=O) groups excluding carboxylic acids is 2. The number of benzene rings is 2. The molecule has 0 radical (unpaired) electrons. The minimum atomic E-state index is -0.518. The molecular weight excluding hydrogens is 589 g/mol. The molecule has 0 saturated carbocycles. The van der Waals surface area contributed by atoms with E-state index in [9.17, 15) is 14.0 Å². The second kappa shape index (κ2) is 16.5. The first-order chi connectivity index (χ1) is 19.8. The average molecular weight is 633 g/mol. The molecule has 1 saturated heterocycles. The van der Waals surface area contributed by atoms with Crippen LogP contribution in [0, 0.1) is 17.1 Å². The topological polar surface area (TPSA) is 97.8 Å². The number of nitrogens with zero attached hydrogens (tertiary/aromatic N) is 2. The molecule has 0 spiro atoms. The van der Waals surface area contributed by atoms with E-state index in [4.69, 9.17) is 10.1 Å². The van der Waals surface area contributed by atoms with Gasteiger partial charge in [-0.2, -0.15) is 0 Å². The lowest BCUT2D eigenvalue weighted by Gasteiger charge is -2.34. The summed E-state index contributed by atoms with van der Waals surface area (Å²) in [6.07, 6.45) is 4.53. The molecule has 2 amide bonds. The number of carbonyl (C=O) groups is 2. The Hall–Kier alpha value is -2.98. The first-order valence-corrected chi connectivity index (χ1v) is 15.3. The van der Waals surface area contributed by atoms with Crippen LogP contribution >= 0.6 is 15.9 Å². The Kier molecular flexibility index (Phi) is 13.1. The summed E-state index contributed by atoms with van der Waals surface area (Å²) in [7, 11) is 1.59. The van der Waals surface area contributed by atoms with Crippen molar-refractivity contribution in [1.82, 2.24) is 20.4 Å². The summed E-state index contributed by atoms with van der Waals surface area (Å²) in [6.45, 7) is 8.80. The number of nitrogens with one attached hydrogen (secondary N) is 3. The van der Waals surface area contributed by atoms with Crippen molar-refractivity contribution < 1.29 is 18.7 Å². The third-order valence-corrected chi connectivity index (χ3v) is 8.11. The minimum absolute atomic E-state index is 0.0782. The van der Waals surface area contributed by atoms with Crippen LogP contribution in [0.3, 0.4) is 0 Å². The molecule has 0 bridgehead atoms. The van der Waals surface area contributed by atoms with Crippen molar-refractivity contribution in [3.8, 4) is 5.75 Å². The molecule has 1 aliphatic heterocycles. The molecule has 1 heterocycles. The van der Waals surface area contributed by atoms with Crippen LogP contribution in [0.1, 0.15) is 61.0 Å². The lowest BCUT2D eigenvalue weighted by molar-refractivity contribution is -0.137. The molecule has 1 atom stereocenters. The van der Waals surface area contributed by atoms with Crippen LogP contribution in [0.5, 0.6) is 5.75 Å². The van der Waals surface area contributed by atoms with Crippen LogP contribution in [0.4, 0.5) is 4.39 Å². The van der Waals surface area contributed by atoms with E-state index in [1.54, 1.807) is 13.2 Å². The Morgan fingerprint density at radius 3 is 2.68 bits per heavy atom. The number of guanidine groups is 1. The van der Waals surface area contributed by atoms with Crippen LogP contribution < -0.4 is 15.4 Å². The molecule has 10 heteroatoms. The van der Waals surface area contributed by atoms with Crippen molar-refractivity contribution in [2.24, 2.45) is 5.92 Å². The number of methoxy groups -OCH3 is 1. The average Bonchev–Trinajstić information content (AvgIpc) is 2.97. The van der Waals surface area contributed by atoms with Crippen LogP contribution in [-0.4, -0.2) is 74.0 Å². The van der Waals surface area contributed by atoms with Crippen LogP contribution in [0.15, 0.2) is 40.9 Å². The summed E-state index contributed by atoms with van der Waals surface area (Å²) in [5.74, 6) is -0.0360. The van der Waals surface area contributed by atoms with Gasteiger partial charge in [0.1, 0.15) is 11.6 Å². The smallest absolute Gasteiger partial charge is 0.258 e. The first-order valence-electron chi connectivity index (χ1n) is 14.5. The van der Waals surface area contributed by atoms with E-state index in [2.05, 4.69) is 31.5 Å². The Bertz CT molecular complexity index is 1190. The zero-order valence-corrected chi connectivity index (χ0v) is 26.0. The predicted octanol–water partition coefficient (Wildman–Crippen LogP) is 5.00. The highest BCUT2D eigenvalue weighted by Crippen LogP contribution is 2.26. The number of piperidine rings is 1. The van der Waals surface area contributed by atoms with E-state index in [1.807, 2.05) is 36.9 Å². The van der Waals surface area contributed by atoms with Gasteiger partial charge in [0, 0.05) is 41.8 Å². The number of aryl methyl sites for hydroxylation is 1. The molecule has 3 N–H and O–H groups in total. The van der Waals surface area contributed by atoms with Crippen molar-refractivity contribution in [2.45, 2.75) is 52.4 Å². The third kappa shape index (κ3) is 9.53. The highest BCUT2D eigenvalue weighted by Gasteiger charge is 2.28. The Morgan fingerprint density at radius 1 is 1.17 bits per heavy atom. The molecule has 2 aromatic rings. The van der Waals surface area contributed by atoms with Gasteiger partial charge in [0.25, 0.3) is 5.91 Å². The quantitative estimate of drug-likeness (QED) is 0.164. The van der Waals surface area contributed by atoms with Crippen molar-refractivity contribution in [3.05, 3.63) is 63.4 Å². The summed E-state index contributed by atoms with van der Waals surface area (Å²) in [4.78, 5) is 30.0. The molecule has 0 aliphatic carbocycles. The lowest BCUT2D eigenvalue weighted by Crippen LogP contribution is -2.45. The Labute approximate surface area is 251 Å². The Balaban J connectivity index is 1.44. The van der Waals surface area contributed by atoms with Gasteiger partial charge in [-0.15, -0.1) is 0 Å². The normalized spacial score (nSPS) is 15.3. The number of halogens is 2. The number of amides is 2. The first kappa shape index (κ1) is 32.5. The van der Waals surface area contributed by atoms with Gasteiger partial charge in [-0.1, -0.05) is 22.0 Å². The number of ether oxygens (including phenoxy) is 1. The molecule has 224 valence electrons. The lowest BCUT2D eigenvalue weighted by atomic mass is 9.96. The van der Waals surface area contributed by atoms with E-state index in [0.717, 1.165) is 68.4 Å². The minimum Gasteiger partial charge on any atom is -0.496 e. The van der Waals surface area contributed by atoms with E-state index >= 15 is 0 Å². The van der Waals surface area contributed by atoms with Gasteiger partial charge in [-0.25, -0.2) is 4.39 Å². The van der Waals surface area contributed by atoms with Gasteiger partial charge in [0.05, 0.1) is 13.0 Å². The Morgan fingerprint density at radius 2 is 1.95 bits per heavy atom. The molecular formula is C31H43BrFN5O3. The fraction of sp³-hybridized carbons (Fsp3) is 0.516. The summed E-state index contributed by atoms with van der Waals surface area (Å²) < 4.78 is 21.1. The fourth-order valence-electron chi connectivity index (χ4n) is 5.38. The standard InChI is InChI=1S/C31H43BrFN5O3/c1-4-38(5-2)30(40)23-10-9-19-37(21-23)18-7-6-17-35-31(34)36-29(39)26-11-8-12-27(33)25(26)15-13-22-20-24(32)14-16-28(22)41-3/h8,11-12,14,16,20,23H,4-7,9-10,13,15,17-19,21H2,1-3H3,(H3,34,35,36,39). The number of rotatable bonds is 13. The second-order valence-electron chi connectivity index (χ2n) is 10.3.